The number of amides is 1. The van der Waals surface area contributed by atoms with E-state index in [0.717, 1.165) is 5.56 Å². The van der Waals surface area contributed by atoms with Gasteiger partial charge < -0.3 is 19.1 Å². The third kappa shape index (κ3) is 2.96. The Labute approximate surface area is 110 Å². The number of methoxy groups -OCH3 is 2. The second-order valence-corrected chi connectivity index (χ2v) is 4.10. The van der Waals surface area contributed by atoms with E-state index in [0.29, 0.717) is 31.0 Å². The molecule has 1 aromatic carbocycles. The molecule has 0 spiro atoms. The molecule has 1 amide bonds. The maximum atomic E-state index is 11.6. The van der Waals surface area contributed by atoms with Crippen LogP contribution in [0.15, 0.2) is 18.2 Å². The van der Waals surface area contributed by atoms with Crippen LogP contribution in [0, 0.1) is 0 Å². The second kappa shape index (κ2) is 5.60. The molecule has 0 aliphatic carbocycles. The van der Waals surface area contributed by atoms with Gasteiger partial charge in [-0.3, -0.25) is 0 Å². The quantitative estimate of drug-likeness (QED) is 0.771. The maximum Gasteiger partial charge on any atom is 0.410 e. The summed E-state index contributed by atoms with van der Waals surface area (Å²) in [6, 6.07) is 5.05. The predicted octanol–water partition coefficient (Wildman–Crippen LogP) is 1.43. The van der Waals surface area contributed by atoms with Crippen molar-refractivity contribution < 1.29 is 23.8 Å². The maximum absolute atomic E-state index is 11.6. The zero-order chi connectivity index (χ0) is 13.8. The second-order valence-electron chi connectivity index (χ2n) is 4.10. The van der Waals surface area contributed by atoms with E-state index in [1.165, 1.54) is 14.2 Å². The average molecular weight is 265 g/mol. The van der Waals surface area contributed by atoms with Crippen LogP contribution in [0.25, 0.3) is 0 Å². The highest BCUT2D eigenvalue weighted by molar-refractivity contribution is 5.90. The SMILES string of the molecule is COC(=O)c1cc(CN2CCOC2=O)cc(OC)c1. The molecule has 2 rings (SSSR count). The van der Waals surface area contributed by atoms with Crippen molar-refractivity contribution in [2.75, 3.05) is 27.4 Å². The molecule has 1 fully saturated rings. The molecule has 0 atom stereocenters. The number of cyclic esters (lactones) is 1. The summed E-state index contributed by atoms with van der Waals surface area (Å²) in [7, 11) is 2.84. The number of nitrogens with zero attached hydrogens (tertiary/aromatic N) is 1. The normalized spacial score (nSPS) is 14.2. The van der Waals surface area contributed by atoms with E-state index in [2.05, 4.69) is 4.74 Å². The van der Waals surface area contributed by atoms with Gasteiger partial charge in [0.05, 0.1) is 26.3 Å². The number of rotatable bonds is 4. The number of benzene rings is 1. The van der Waals surface area contributed by atoms with Crippen molar-refractivity contribution in [3.05, 3.63) is 29.3 Å². The highest BCUT2D eigenvalue weighted by Gasteiger charge is 2.22. The lowest BCUT2D eigenvalue weighted by molar-refractivity contribution is 0.0600. The van der Waals surface area contributed by atoms with E-state index in [1.807, 2.05) is 0 Å². The third-order valence-corrected chi connectivity index (χ3v) is 2.84. The van der Waals surface area contributed by atoms with Crippen molar-refractivity contribution in [3.8, 4) is 5.75 Å². The summed E-state index contributed by atoms with van der Waals surface area (Å²) in [4.78, 5) is 24.5. The van der Waals surface area contributed by atoms with Crippen molar-refractivity contribution in [1.29, 1.82) is 0 Å². The van der Waals surface area contributed by atoms with Crippen LogP contribution in [0.5, 0.6) is 5.75 Å². The van der Waals surface area contributed by atoms with Crippen LogP contribution in [0.2, 0.25) is 0 Å². The number of carbonyl (C=O) groups is 2. The van der Waals surface area contributed by atoms with E-state index in [4.69, 9.17) is 9.47 Å². The van der Waals surface area contributed by atoms with Crippen LogP contribution in [0.1, 0.15) is 15.9 Å². The Kier molecular flexibility index (Phi) is 3.89. The van der Waals surface area contributed by atoms with E-state index >= 15 is 0 Å². The summed E-state index contributed by atoms with van der Waals surface area (Å²) in [5, 5.41) is 0. The van der Waals surface area contributed by atoms with Gasteiger partial charge in [0, 0.05) is 6.54 Å². The first-order chi connectivity index (χ1) is 9.13. The van der Waals surface area contributed by atoms with Gasteiger partial charge in [-0.15, -0.1) is 0 Å². The van der Waals surface area contributed by atoms with E-state index in [-0.39, 0.29) is 6.09 Å². The molecule has 1 saturated heterocycles. The van der Waals surface area contributed by atoms with Crippen LogP contribution in [0.3, 0.4) is 0 Å². The minimum Gasteiger partial charge on any atom is -0.497 e. The lowest BCUT2D eigenvalue weighted by Gasteiger charge is -2.14. The molecule has 6 nitrogen and oxygen atoms in total. The van der Waals surface area contributed by atoms with Gasteiger partial charge in [0.15, 0.2) is 0 Å². The van der Waals surface area contributed by atoms with E-state index in [9.17, 15) is 9.59 Å². The van der Waals surface area contributed by atoms with Crippen molar-refractivity contribution in [2.24, 2.45) is 0 Å². The molecule has 0 saturated carbocycles. The fourth-order valence-corrected chi connectivity index (χ4v) is 1.90. The molecular formula is C13H15NO5. The first-order valence-corrected chi connectivity index (χ1v) is 5.82. The van der Waals surface area contributed by atoms with Gasteiger partial charge in [-0.2, -0.15) is 0 Å². The zero-order valence-electron chi connectivity index (χ0n) is 10.8. The molecule has 102 valence electrons. The van der Waals surface area contributed by atoms with Gasteiger partial charge in [-0.1, -0.05) is 0 Å². The number of hydrogen-bond donors (Lipinski definition) is 0. The Bertz CT molecular complexity index is 500. The van der Waals surface area contributed by atoms with Gasteiger partial charge >= 0.3 is 12.1 Å². The Balaban J connectivity index is 2.23. The summed E-state index contributed by atoms with van der Waals surface area (Å²) < 4.78 is 14.7. The molecule has 0 N–H and O–H groups in total. The van der Waals surface area contributed by atoms with E-state index in [1.54, 1.807) is 23.1 Å². The van der Waals surface area contributed by atoms with Crippen LogP contribution < -0.4 is 4.74 Å². The number of hydrogen-bond acceptors (Lipinski definition) is 5. The molecule has 0 bridgehead atoms. The molecule has 0 unspecified atom stereocenters. The van der Waals surface area contributed by atoms with Crippen LogP contribution >= 0.6 is 0 Å². The first kappa shape index (κ1) is 13.2. The van der Waals surface area contributed by atoms with Crippen LogP contribution in [-0.4, -0.2) is 44.3 Å². The molecule has 0 aromatic heterocycles. The Morgan fingerprint density at radius 1 is 1.37 bits per heavy atom. The minimum atomic E-state index is -0.441. The third-order valence-electron chi connectivity index (χ3n) is 2.84. The highest BCUT2D eigenvalue weighted by atomic mass is 16.6. The summed E-state index contributed by atoms with van der Waals surface area (Å²) in [6.45, 7) is 1.32. The van der Waals surface area contributed by atoms with Crippen molar-refractivity contribution in [2.45, 2.75) is 6.54 Å². The van der Waals surface area contributed by atoms with Crippen LogP contribution in [-0.2, 0) is 16.0 Å². The fourth-order valence-electron chi connectivity index (χ4n) is 1.90. The summed E-state index contributed by atoms with van der Waals surface area (Å²) in [5.41, 5.74) is 1.18. The standard InChI is InChI=1S/C13H15NO5/c1-17-11-6-9(5-10(7-11)12(15)18-2)8-14-3-4-19-13(14)16/h5-7H,3-4,8H2,1-2H3. The minimum absolute atomic E-state index is 0.345. The molecule has 1 aromatic rings. The van der Waals surface area contributed by atoms with Gasteiger partial charge in [0.25, 0.3) is 0 Å². The first-order valence-electron chi connectivity index (χ1n) is 5.82. The smallest absolute Gasteiger partial charge is 0.410 e. The molecule has 1 aliphatic heterocycles. The summed E-state index contributed by atoms with van der Waals surface area (Å²) >= 11 is 0. The molecule has 1 heterocycles. The van der Waals surface area contributed by atoms with Gasteiger partial charge in [-0.05, 0) is 23.8 Å². The zero-order valence-corrected chi connectivity index (χ0v) is 10.8. The lowest BCUT2D eigenvalue weighted by Crippen LogP contribution is -2.23. The van der Waals surface area contributed by atoms with Crippen molar-refractivity contribution >= 4 is 12.1 Å². The van der Waals surface area contributed by atoms with Crippen molar-refractivity contribution in [3.63, 3.8) is 0 Å². The molecular weight excluding hydrogens is 250 g/mol. The van der Waals surface area contributed by atoms with Crippen LogP contribution in [0.4, 0.5) is 4.79 Å². The molecule has 19 heavy (non-hydrogen) atoms. The highest BCUT2D eigenvalue weighted by Crippen LogP contribution is 2.20. The van der Waals surface area contributed by atoms with Gasteiger partial charge in [0.1, 0.15) is 12.4 Å². The molecule has 1 aliphatic rings. The number of ether oxygens (including phenoxy) is 3. The topological polar surface area (TPSA) is 65.1 Å². The Hall–Kier alpha value is -2.24. The largest absolute Gasteiger partial charge is 0.497 e. The average Bonchev–Trinajstić information content (AvgIpc) is 2.83. The number of esters is 1. The lowest BCUT2D eigenvalue weighted by atomic mass is 10.1. The monoisotopic (exact) mass is 265 g/mol. The summed E-state index contributed by atoms with van der Waals surface area (Å²) in [5.74, 6) is 0.106. The Morgan fingerprint density at radius 3 is 2.74 bits per heavy atom. The fraction of sp³-hybridized carbons (Fsp3) is 0.385. The van der Waals surface area contributed by atoms with E-state index < -0.39 is 5.97 Å². The number of carbonyl (C=O) groups excluding carboxylic acids is 2. The Morgan fingerprint density at radius 2 is 2.16 bits per heavy atom. The predicted molar refractivity (Wildman–Crippen MR) is 66.1 cm³/mol. The molecule has 0 radical (unpaired) electrons. The van der Waals surface area contributed by atoms with Crippen molar-refractivity contribution in [1.82, 2.24) is 4.90 Å². The van der Waals surface area contributed by atoms with Gasteiger partial charge in [-0.25, -0.2) is 9.59 Å². The summed E-state index contributed by atoms with van der Waals surface area (Å²) in [6.07, 6.45) is -0.345. The van der Waals surface area contributed by atoms with Gasteiger partial charge in [0.2, 0.25) is 0 Å². The molecule has 6 heteroatoms.